The summed E-state index contributed by atoms with van der Waals surface area (Å²) in [7, 11) is 0. The second-order valence-corrected chi connectivity index (χ2v) is 6.38. The lowest BCUT2D eigenvalue weighted by Gasteiger charge is -2.30. The van der Waals surface area contributed by atoms with E-state index in [0.29, 0.717) is 23.9 Å². The molecule has 0 heterocycles. The second kappa shape index (κ2) is 7.97. The van der Waals surface area contributed by atoms with E-state index < -0.39 is 0 Å². The molecular formula is C18H26N2O2. The van der Waals surface area contributed by atoms with Crippen LogP contribution in [0.5, 0.6) is 0 Å². The standard InChI is InChI=1S/C18H26N2O2/c1-13-8-6-7-11-16(13)20-17(21)12-14(2)19-18(22)15-9-4-3-5-10-15/h3-5,9-10,13-14,16H,6-8,11-12H2,1-2H3,(H,19,22)(H,20,21)/t13-,14+,16+/m0/s1. The van der Waals surface area contributed by atoms with Crippen LogP contribution in [0.15, 0.2) is 30.3 Å². The van der Waals surface area contributed by atoms with Gasteiger partial charge in [-0.05, 0) is 37.8 Å². The maximum absolute atomic E-state index is 12.1. The first-order valence-corrected chi connectivity index (χ1v) is 8.21. The van der Waals surface area contributed by atoms with Gasteiger partial charge in [-0.15, -0.1) is 0 Å². The van der Waals surface area contributed by atoms with Gasteiger partial charge in [-0.25, -0.2) is 0 Å². The van der Waals surface area contributed by atoms with Gasteiger partial charge in [0.1, 0.15) is 0 Å². The third-order valence-electron chi connectivity index (χ3n) is 4.36. The summed E-state index contributed by atoms with van der Waals surface area (Å²) < 4.78 is 0. The Morgan fingerprint density at radius 1 is 1.18 bits per heavy atom. The van der Waals surface area contributed by atoms with Crippen molar-refractivity contribution in [3.05, 3.63) is 35.9 Å². The number of hydrogen-bond acceptors (Lipinski definition) is 2. The molecule has 4 nitrogen and oxygen atoms in total. The molecule has 1 saturated carbocycles. The fourth-order valence-electron chi connectivity index (χ4n) is 3.02. The van der Waals surface area contributed by atoms with Crippen LogP contribution < -0.4 is 10.6 Å². The molecule has 2 N–H and O–H groups in total. The predicted molar refractivity (Wildman–Crippen MR) is 87.5 cm³/mol. The summed E-state index contributed by atoms with van der Waals surface area (Å²) in [4.78, 5) is 24.2. The van der Waals surface area contributed by atoms with E-state index in [1.54, 1.807) is 12.1 Å². The molecule has 1 aliphatic carbocycles. The zero-order valence-corrected chi connectivity index (χ0v) is 13.5. The van der Waals surface area contributed by atoms with Gasteiger partial charge in [0, 0.05) is 24.1 Å². The maximum atomic E-state index is 12.1. The average molecular weight is 302 g/mol. The molecule has 4 heteroatoms. The van der Waals surface area contributed by atoms with Crippen LogP contribution in [0.2, 0.25) is 0 Å². The molecule has 0 bridgehead atoms. The Labute approximate surface area is 132 Å². The third-order valence-corrected chi connectivity index (χ3v) is 4.36. The number of benzene rings is 1. The van der Waals surface area contributed by atoms with Crippen LogP contribution in [-0.2, 0) is 4.79 Å². The molecule has 120 valence electrons. The van der Waals surface area contributed by atoms with Crippen molar-refractivity contribution in [1.82, 2.24) is 10.6 Å². The monoisotopic (exact) mass is 302 g/mol. The highest BCUT2D eigenvalue weighted by atomic mass is 16.2. The lowest BCUT2D eigenvalue weighted by molar-refractivity contribution is -0.122. The van der Waals surface area contributed by atoms with E-state index >= 15 is 0 Å². The molecule has 0 aromatic heterocycles. The summed E-state index contributed by atoms with van der Waals surface area (Å²) in [5.41, 5.74) is 0.621. The average Bonchev–Trinajstić information content (AvgIpc) is 2.50. The van der Waals surface area contributed by atoms with Crippen LogP contribution in [0.4, 0.5) is 0 Å². The topological polar surface area (TPSA) is 58.2 Å². The highest BCUT2D eigenvalue weighted by molar-refractivity contribution is 5.94. The first kappa shape index (κ1) is 16.5. The van der Waals surface area contributed by atoms with Gasteiger partial charge in [0.05, 0.1) is 0 Å². The van der Waals surface area contributed by atoms with Gasteiger partial charge in [-0.2, -0.15) is 0 Å². The van der Waals surface area contributed by atoms with E-state index in [9.17, 15) is 9.59 Å². The van der Waals surface area contributed by atoms with Gasteiger partial charge in [-0.3, -0.25) is 9.59 Å². The molecule has 0 aliphatic heterocycles. The summed E-state index contributed by atoms with van der Waals surface area (Å²) in [6.45, 7) is 4.06. The Kier molecular flexibility index (Phi) is 5.99. The fourth-order valence-corrected chi connectivity index (χ4v) is 3.02. The second-order valence-electron chi connectivity index (χ2n) is 6.38. The van der Waals surface area contributed by atoms with E-state index in [-0.39, 0.29) is 17.9 Å². The van der Waals surface area contributed by atoms with Crippen LogP contribution in [0.3, 0.4) is 0 Å². The normalized spacial score (nSPS) is 22.6. The van der Waals surface area contributed by atoms with Crippen molar-refractivity contribution < 1.29 is 9.59 Å². The quantitative estimate of drug-likeness (QED) is 0.878. The van der Waals surface area contributed by atoms with E-state index in [1.807, 2.05) is 25.1 Å². The van der Waals surface area contributed by atoms with Gasteiger partial charge >= 0.3 is 0 Å². The number of nitrogens with one attached hydrogen (secondary N) is 2. The Morgan fingerprint density at radius 2 is 1.86 bits per heavy atom. The number of carbonyl (C=O) groups is 2. The molecule has 1 aromatic carbocycles. The van der Waals surface area contributed by atoms with E-state index in [1.165, 1.54) is 19.3 Å². The minimum atomic E-state index is -0.174. The fraction of sp³-hybridized carbons (Fsp3) is 0.556. The Morgan fingerprint density at radius 3 is 2.55 bits per heavy atom. The van der Waals surface area contributed by atoms with E-state index in [0.717, 1.165) is 6.42 Å². The van der Waals surface area contributed by atoms with Crippen molar-refractivity contribution in [2.75, 3.05) is 0 Å². The van der Waals surface area contributed by atoms with Crippen LogP contribution in [0, 0.1) is 5.92 Å². The number of carbonyl (C=O) groups excluding carboxylic acids is 2. The van der Waals surface area contributed by atoms with Gasteiger partial charge in [0.25, 0.3) is 5.91 Å². The first-order chi connectivity index (χ1) is 10.6. The molecule has 2 amide bonds. The van der Waals surface area contributed by atoms with E-state index in [4.69, 9.17) is 0 Å². The molecule has 1 aromatic rings. The minimum absolute atomic E-state index is 0.0274. The summed E-state index contributed by atoms with van der Waals surface area (Å²) in [6.07, 6.45) is 5.03. The molecule has 0 unspecified atom stereocenters. The smallest absolute Gasteiger partial charge is 0.251 e. The molecule has 3 atom stereocenters. The molecule has 0 spiro atoms. The van der Waals surface area contributed by atoms with Crippen molar-refractivity contribution >= 4 is 11.8 Å². The highest BCUT2D eigenvalue weighted by Gasteiger charge is 2.23. The summed E-state index contributed by atoms with van der Waals surface area (Å²) in [5.74, 6) is 0.443. The van der Waals surface area contributed by atoms with Crippen LogP contribution in [0.25, 0.3) is 0 Å². The molecule has 2 rings (SSSR count). The van der Waals surface area contributed by atoms with E-state index in [2.05, 4.69) is 17.6 Å². The van der Waals surface area contributed by atoms with Crippen molar-refractivity contribution in [3.63, 3.8) is 0 Å². The number of rotatable bonds is 5. The highest BCUT2D eigenvalue weighted by Crippen LogP contribution is 2.23. The zero-order valence-electron chi connectivity index (χ0n) is 13.5. The van der Waals surface area contributed by atoms with Crippen molar-refractivity contribution in [3.8, 4) is 0 Å². The Hall–Kier alpha value is -1.84. The van der Waals surface area contributed by atoms with Crippen molar-refractivity contribution in [1.29, 1.82) is 0 Å². The Bertz CT molecular complexity index is 501. The molecular weight excluding hydrogens is 276 g/mol. The molecule has 0 saturated heterocycles. The Balaban J connectivity index is 1.77. The van der Waals surface area contributed by atoms with Crippen LogP contribution in [0.1, 0.15) is 56.3 Å². The third kappa shape index (κ3) is 4.86. The number of hydrogen-bond donors (Lipinski definition) is 2. The van der Waals surface area contributed by atoms with Crippen LogP contribution in [-0.4, -0.2) is 23.9 Å². The van der Waals surface area contributed by atoms with Gasteiger partial charge < -0.3 is 10.6 Å². The predicted octanol–water partition coefficient (Wildman–Crippen LogP) is 2.89. The lowest BCUT2D eigenvalue weighted by atomic mass is 9.86. The van der Waals surface area contributed by atoms with Crippen molar-refractivity contribution in [2.24, 2.45) is 5.92 Å². The first-order valence-electron chi connectivity index (χ1n) is 8.21. The summed E-state index contributed by atoms with van der Waals surface area (Å²) >= 11 is 0. The van der Waals surface area contributed by atoms with Gasteiger partial charge in [0.15, 0.2) is 0 Å². The van der Waals surface area contributed by atoms with Gasteiger partial charge in [-0.1, -0.05) is 38.0 Å². The largest absolute Gasteiger partial charge is 0.353 e. The zero-order chi connectivity index (χ0) is 15.9. The molecule has 22 heavy (non-hydrogen) atoms. The number of amides is 2. The maximum Gasteiger partial charge on any atom is 0.251 e. The molecule has 1 aliphatic rings. The summed E-state index contributed by atoms with van der Waals surface area (Å²) in [5, 5.41) is 6.00. The molecule has 0 radical (unpaired) electrons. The van der Waals surface area contributed by atoms with Crippen LogP contribution >= 0.6 is 0 Å². The van der Waals surface area contributed by atoms with Gasteiger partial charge in [0.2, 0.25) is 5.91 Å². The minimum Gasteiger partial charge on any atom is -0.353 e. The molecule has 1 fully saturated rings. The lowest BCUT2D eigenvalue weighted by Crippen LogP contribution is -2.44. The SMILES string of the molecule is C[C@H](CC(=O)N[C@@H]1CCCC[C@@H]1C)NC(=O)c1ccccc1. The van der Waals surface area contributed by atoms with Crippen molar-refractivity contribution in [2.45, 2.75) is 58.0 Å². The summed E-state index contributed by atoms with van der Waals surface area (Å²) in [6, 6.07) is 9.19.